The number of hydrogen-bond donors (Lipinski definition) is 0. The predicted molar refractivity (Wildman–Crippen MR) is 128 cm³/mol. The summed E-state index contributed by atoms with van der Waals surface area (Å²) in [4.78, 5) is 19.6. The van der Waals surface area contributed by atoms with Crippen molar-refractivity contribution in [2.45, 2.75) is 44.8 Å². The lowest BCUT2D eigenvalue weighted by Crippen LogP contribution is -2.31. The molecule has 0 fully saturated rings. The van der Waals surface area contributed by atoms with Crippen molar-refractivity contribution in [3.05, 3.63) is 82.3 Å². The second-order valence-electron chi connectivity index (χ2n) is 8.17. The molecule has 0 atom stereocenters. The van der Waals surface area contributed by atoms with Crippen molar-refractivity contribution in [3.8, 4) is 0 Å². The highest BCUT2D eigenvalue weighted by atomic mass is 32.2. The van der Waals surface area contributed by atoms with E-state index in [0.29, 0.717) is 23.7 Å². The fourth-order valence-electron chi connectivity index (χ4n) is 3.49. The summed E-state index contributed by atoms with van der Waals surface area (Å²) in [6, 6.07) is 11.1. The minimum atomic E-state index is -3.67. The first-order valence-electron chi connectivity index (χ1n) is 10.5. The molecule has 0 unspecified atom stereocenters. The lowest BCUT2D eigenvalue weighted by Gasteiger charge is -2.22. The van der Waals surface area contributed by atoms with E-state index in [0.717, 1.165) is 11.1 Å². The molecule has 170 valence electrons. The fraction of sp³-hybridized carbons (Fsp3) is 0.333. The first-order valence-corrected chi connectivity index (χ1v) is 13.0. The molecule has 2 heterocycles. The maximum absolute atomic E-state index is 13.3. The summed E-state index contributed by atoms with van der Waals surface area (Å²) in [6.45, 7) is 10.8. The number of benzene rings is 1. The molecule has 0 saturated carbocycles. The molecule has 32 heavy (non-hydrogen) atoms. The molecule has 1 amide bonds. The van der Waals surface area contributed by atoms with Crippen LogP contribution in [0.2, 0.25) is 0 Å². The van der Waals surface area contributed by atoms with Crippen LogP contribution in [-0.4, -0.2) is 35.3 Å². The monoisotopic (exact) mass is 471 g/mol. The average molecular weight is 472 g/mol. The number of rotatable bonds is 10. The Bertz CT molecular complexity index is 1180. The van der Waals surface area contributed by atoms with Crippen LogP contribution < -0.4 is 0 Å². The maximum Gasteiger partial charge on any atom is 0.264 e. The SMILES string of the molecule is C=CCN(Cc1cnc(S(=O)(=O)Cc2ccccc2C)n1CC(C)C)C(=O)c1cccs1. The van der Waals surface area contributed by atoms with Crippen LogP contribution in [0.1, 0.15) is 40.3 Å². The van der Waals surface area contributed by atoms with Crippen molar-refractivity contribution in [3.63, 3.8) is 0 Å². The molecule has 1 aromatic carbocycles. The van der Waals surface area contributed by atoms with Crippen LogP contribution >= 0.6 is 11.3 Å². The molecule has 0 aliphatic carbocycles. The fourth-order valence-corrected chi connectivity index (χ4v) is 5.79. The molecule has 8 heteroatoms. The van der Waals surface area contributed by atoms with Gasteiger partial charge in [-0.3, -0.25) is 4.79 Å². The Morgan fingerprint density at radius 2 is 2.00 bits per heavy atom. The Kier molecular flexibility index (Phi) is 7.69. The number of carbonyl (C=O) groups is 1. The van der Waals surface area contributed by atoms with Crippen LogP contribution in [0, 0.1) is 12.8 Å². The maximum atomic E-state index is 13.3. The Morgan fingerprint density at radius 3 is 2.62 bits per heavy atom. The summed E-state index contributed by atoms with van der Waals surface area (Å²) in [7, 11) is -3.67. The average Bonchev–Trinajstić information content (AvgIpc) is 3.39. The van der Waals surface area contributed by atoms with Gasteiger partial charge in [0, 0.05) is 13.1 Å². The number of aromatic nitrogens is 2. The van der Waals surface area contributed by atoms with Crippen molar-refractivity contribution >= 4 is 27.1 Å². The summed E-state index contributed by atoms with van der Waals surface area (Å²) in [6.07, 6.45) is 3.25. The van der Waals surface area contributed by atoms with Crippen LogP contribution in [0.4, 0.5) is 0 Å². The van der Waals surface area contributed by atoms with Crippen LogP contribution in [0.3, 0.4) is 0 Å². The minimum Gasteiger partial charge on any atom is -0.328 e. The molecule has 0 bridgehead atoms. The number of carbonyl (C=O) groups excluding carboxylic acids is 1. The van der Waals surface area contributed by atoms with E-state index in [4.69, 9.17) is 0 Å². The van der Waals surface area contributed by atoms with Gasteiger partial charge in [0.1, 0.15) is 0 Å². The first-order chi connectivity index (χ1) is 15.2. The highest BCUT2D eigenvalue weighted by Crippen LogP contribution is 2.22. The van der Waals surface area contributed by atoms with Gasteiger partial charge in [0.15, 0.2) is 0 Å². The van der Waals surface area contributed by atoms with Gasteiger partial charge in [-0.25, -0.2) is 13.4 Å². The molecule has 0 spiro atoms. The molecule has 3 aromatic rings. The van der Waals surface area contributed by atoms with E-state index in [-0.39, 0.29) is 29.3 Å². The Morgan fingerprint density at radius 1 is 1.25 bits per heavy atom. The smallest absolute Gasteiger partial charge is 0.264 e. The van der Waals surface area contributed by atoms with Crippen molar-refractivity contribution in [2.75, 3.05) is 6.54 Å². The van der Waals surface area contributed by atoms with Crippen LogP contribution in [0.15, 0.2) is 65.8 Å². The molecule has 0 N–H and O–H groups in total. The normalized spacial score (nSPS) is 11.6. The Hall–Kier alpha value is -2.71. The van der Waals surface area contributed by atoms with Gasteiger partial charge in [-0.2, -0.15) is 0 Å². The lowest BCUT2D eigenvalue weighted by molar-refractivity contribution is 0.0763. The van der Waals surface area contributed by atoms with Gasteiger partial charge < -0.3 is 9.47 Å². The van der Waals surface area contributed by atoms with Crippen LogP contribution in [0.5, 0.6) is 0 Å². The van der Waals surface area contributed by atoms with Crippen molar-refractivity contribution in [1.82, 2.24) is 14.5 Å². The molecule has 6 nitrogen and oxygen atoms in total. The number of imidazole rings is 1. The van der Waals surface area contributed by atoms with E-state index >= 15 is 0 Å². The van der Waals surface area contributed by atoms with Crippen LogP contribution in [-0.2, 0) is 28.7 Å². The highest BCUT2D eigenvalue weighted by Gasteiger charge is 2.26. The van der Waals surface area contributed by atoms with Gasteiger partial charge >= 0.3 is 0 Å². The van der Waals surface area contributed by atoms with E-state index in [1.54, 1.807) is 27.8 Å². The molecule has 3 rings (SSSR count). The van der Waals surface area contributed by atoms with Gasteiger partial charge in [0.05, 0.1) is 29.1 Å². The number of amides is 1. The summed E-state index contributed by atoms with van der Waals surface area (Å²) in [5.41, 5.74) is 2.38. The number of hydrogen-bond acceptors (Lipinski definition) is 5. The zero-order chi connectivity index (χ0) is 23.3. The van der Waals surface area contributed by atoms with E-state index < -0.39 is 9.84 Å². The Balaban J connectivity index is 1.96. The topological polar surface area (TPSA) is 72.3 Å². The van der Waals surface area contributed by atoms with Gasteiger partial charge in [0.25, 0.3) is 5.91 Å². The van der Waals surface area contributed by atoms with Crippen LogP contribution in [0.25, 0.3) is 0 Å². The molecular weight excluding hydrogens is 442 g/mol. The summed E-state index contributed by atoms with van der Waals surface area (Å²) < 4.78 is 28.4. The number of aryl methyl sites for hydroxylation is 1. The first kappa shape index (κ1) is 23.9. The minimum absolute atomic E-state index is 0.0478. The second-order valence-corrected chi connectivity index (χ2v) is 11.0. The van der Waals surface area contributed by atoms with E-state index in [1.165, 1.54) is 11.3 Å². The third kappa shape index (κ3) is 5.55. The third-order valence-corrected chi connectivity index (χ3v) is 7.49. The van der Waals surface area contributed by atoms with Crippen molar-refractivity contribution in [2.24, 2.45) is 5.92 Å². The second kappa shape index (κ2) is 10.3. The molecule has 2 aromatic heterocycles. The van der Waals surface area contributed by atoms with Gasteiger partial charge in [-0.15, -0.1) is 17.9 Å². The zero-order valence-electron chi connectivity index (χ0n) is 18.7. The lowest BCUT2D eigenvalue weighted by atomic mass is 10.1. The number of nitrogens with zero attached hydrogens (tertiary/aromatic N) is 3. The molecule has 0 radical (unpaired) electrons. The van der Waals surface area contributed by atoms with E-state index in [9.17, 15) is 13.2 Å². The Labute approximate surface area is 194 Å². The standard InChI is InChI=1S/C24H29N3O3S2/c1-5-12-26(23(28)22-11-8-13-31-22)16-21-14-25-24(27(21)15-18(2)3)32(29,30)17-20-10-7-6-9-19(20)4/h5-11,13-14,18H,1,12,15-17H2,2-4H3. The predicted octanol–water partition coefficient (Wildman–Crippen LogP) is 4.71. The van der Waals surface area contributed by atoms with E-state index in [2.05, 4.69) is 11.6 Å². The van der Waals surface area contributed by atoms with Crippen molar-refractivity contribution < 1.29 is 13.2 Å². The van der Waals surface area contributed by atoms with Gasteiger partial charge in [-0.1, -0.05) is 50.3 Å². The highest BCUT2D eigenvalue weighted by molar-refractivity contribution is 7.90. The molecule has 0 aliphatic rings. The number of sulfone groups is 1. The van der Waals surface area contributed by atoms with E-state index in [1.807, 2.05) is 56.5 Å². The quantitative estimate of drug-likeness (QED) is 0.402. The van der Waals surface area contributed by atoms with Gasteiger partial charge in [0.2, 0.25) is 15.0 Å². The molecule has 0 aliphatic heterocycles. The summed E-state index contributed by atoms with van der Waals surface area (Å²) >= 11 is 1.38. The third-order valence-electron chi connectivity index (χ3n) is 5.06. The summed E-state index contributed by atoms with van der Waals surface area (Å²) in [5, 5.41) is 1.91. The van der Waals surface area contributed by atoms with Crippen molar-refractivity contribution in [1.29, 1.82) is 0 Å². The van der Waals surface area contributed by atoms with Gasteiger partial charge in [-0.05, 0) is 35.4 Å². The largest absolute Gasteiger partial charge is 0.328 e. The molecular formula is C24H29N3O3S2. The number of thiophene rings is 1. The zero-order valence-corrected chi connectivity index (χ0v) is 20.3. The molecule has 0 saturated heterocycles. The summed E-state index contributed by atoms with van der Waals surface area (Å²) in [5.74, 6) is -0.0173.